The van der Waals surface area contributed by atoms with Crippen molar-refractivity contribution in [3.05, 3.63) is 29.2 Å². The Morgan fingerprint density at radius 1 is 1.11 bits per heavy atom. The summed E-state index contributed by atoms with van der Waals surface area (Å²) >= 11 is 0. The van der Waals surface area contributed by atoms with Gasteiger partial charge in [-0.2, -0.15) is 0 Å². The fourth-order valence-corrected chi connectivity index (χ4v) is 4.77. The van der Waals surface area contributed by atoms with E-state index in [1.165, 1.54) is 42.5 Å². The average molecular weight is 383 g/mol. The van der Waals surface area contributed by atoms with E-state index in [0.29, 0.717) is 6.04 Å². The van der Waals surface area contributed by atoms with Crippen molar-refractivity contribution in [3.8, 4) is 5.88 Å². The third-order valence-corrected chi connectivity index (χ3v) is 6.56. The number of fused-ring (bicyclic) bond motifs is 1. The first-order valence-corrected chi connectivity index (χ1v) is 10.9. The van der Waals surface area contributed by atoms with Gasteiger partial charge in [0.1, 0.15) is 18.1 Å². The molecule has 0 aromatic carbocycles. The lowest BCUT2D eigenvalue weighted by atomic mass is 10.1. The minimum atomic E-state index is 0.246. The number of likely N-dealkylation sites (tertiary alicyclic amines) is 1. The summed E-state index contributed by atoms with van der Waals surface area (Å²) in [6, 6.07) is 0.581. The molecule has 2 fully saturated rings. The van der Waals surface area contributed by atoms with E-state index in [9.17, 15) is 0 Å². The van der Waals surface area contributed by atoms with E-state index in [0.717, 1.165) is 49.4 Å². The van der Waals surface area contributed by atoms with Crippen LogP contribution in [-0.4, -0.2) is 45.2 Å². The molecule has 5 heteroatoms. The maximum atomic E-state index is 6.45. The van der Waals surface area contributed by atoms with Gasteiger partial charge >= 0.3 is 0 Å². The Morgan fingerprint density at radius 3 is 2.50 bits per heavy atom. The highest BCUT2D eigenvalue weighted by molar-refractivity contribution is 5.86. The molecule has 0 N–H and O–H groups in total. The molecule has 0 atom stereocenters. The average Bonchev–Trinajstić information content (AvgIpc) is 3.29. The van der Waals surface area contributed by atoms with Gasteiger partial charge in [-0.15, -0.1) is 0 Å². The van der Waals surface area contributed by atoms with Crippen LogP contribution in [0.1, 0.15) is 69.7 Å². The third-order valence-electron chi connectivity index (χ3n) is 6.56. The summed E-state index contributed by atoms with van der Waals surface area (Å²) in [5.41, 5.74) is 5.05. The van der Waals surface area contributed by atoms with Crippen molar-refractivity contribution < 1.29 is 4.74 Å². The summed E-state index contributed by atoms with van der Waals surface area (Å²) in [6.45, 7) is 12.0. The Kier molecular flexibility index (Phi) is 5.72. The van der Waals surface area contributed by atoms with Crippen LogP contribution in [0.4, 0.5) is 0 Å². The molecule has 152 valence electrons. The summed E-state index contributed by atoms with van der Waals surface area (Å²) in [5.74, 6) is 0.782. The highest BCUT2D eigenvalue weighted by Crippen LogP contribution is 2.38. The van der Waals surface area contributed by atoms with E-state index >= 15 is 0 Å². The van der Waals surface area contributed by atoms with Crippen LogP contribution < -0.4 is 4.74 Å². The van der Waals surface area contributed by atoms with Gasteiger partial charge in [0, 0.05) is 31.4 Å². The van der Waals surface area contributed by atoms with Crippen molar-refractivity contribution in [3.63, 3.8) is 0 Å². The highest BCUT2D eigenvalue weighted by Gasteiger charge is 2.26. The van der Waals surface area contributed by atoms with E-state index in [4.69, 9.17) is 4.74 Å². The first-order chi connectivity index (χ1) is 13.5. The van der Waals surface area contributed by atoms with Crippen molar-refractivity contribution in [1.29, 1.82) is 0 Å². The fourth-order valence-electron chi connectivity index (χ4n) is 4.77. The number of hydrogen-bond donors (Lipinski definition) is 0. The lowest BCUT2D eigenvalue weighted by Crippen LogP contribution is -2.38. The number of ether oxygens (including phenoxy) is 1. The summed E-state index contributed by atoms with van der Waals surface area (Å²) in [6.07, 6.45) is 11.5. The van der Waals surface area contributed by atoms with Gasteiger partial charge in [0.25, 0.3) is 0 Å². The van der Waals surface area contributed by atoms with Crippen LogP contribution in [0.5, 0.6) is 5.88 Å². The number of aryl methyl sites for hydroxylation is 1. The van der Waals surface area contributed by atoms with Crippen LogP contribution in [-0.2, 0) is 0 Å². The second-order valence-corrected chi connectivity index (χ2v) is 8.80. The summed E-state index contributed by atoms with van der Waals surface area (Å²) < 4.78 is 8.90. The molecule has 4 rings (SSSR count). The molecule has 0 bridgehead atoms. The van der Waals surface area contributed by atoms with Crippen LogP contribution in [0.3, 0.4) is 0 Å². The first kappa shape index (κ1) is 19.4. The van der Waals surface area contributed by atoms with E-state index in [1.54, 1.807) is 6.33 Å². The van der Waals surface area contributed by atoms with Gasteiger partial charge in [0.2, 0.25) is 5.88 Å². The molecule has 1 aliphatic heterocycles. The number of aromatic nitrogens is 3. The van der Waals surface area contributed by atoms with Crippen LogP contribution >= 0.6 is 0 Å². The molecular formula is C23H34N4O. The van der Waals surface area contributed by atoms with E-state index in [-0.39, 0.29) is 6.10 Å². The second-order valence-electron chi connectivity index (χ2n) is 8.80. The molecule has 2 aliphatic rings. The molecule has 5 nitrogen and oxygen atoms in total. The van der Waals surface area contributed by atoms with Crippen LogP contribution in [0, 0.1) is 13.8 Å². The molecule has 28 heavy (non-hydrogen) atoms. The molecule has 2 aromatic rings. The first-order valence-electron chi connectivity index (χ1n) is 10.9. The third kappa shape index (κ3) is 3.82. The molecule has 1 saturated carbocycles. The van der Waals surface area contributed by atoms with Gasteiger partial charge in [0.15, 0.2) is 0 Å². The molecule has 2 aromatic heterocycles. The predicted molar refractivity (Wildman–Crippen MR) is 114 cm³/mol. The minimum absolute atomic E-state index is 0.246. The maximum Gasteiger partial charge on any atom is 0.226 e. The van der Waals surface area contributed by atoms with Gasteiger partial charge in [-0.1, -0.05) is 24.5 Å². The number of hydrogen-bond acceptors (Lipinski definition) is 4. The zero-order valence-corrected chi connectivity index (χ0v) is 17.9. The maximum absolute atomic E-state index is 6.45. The van der Waals surface area contributed by atoms with Crippen molar-refractivity contribution in [2.45, 2.75) is 78.4 Å². The number of nitrogens with zero attached hydrogens (tertiary/aromatic N) is 4. The predicted octanol–water partition coefficient (Wildman–Crippen LogP) is 4.97. The van der Waals surface area contributed by atoms with Gasteiger partial charge in [-0.25, -0.2) is 9.97 Å². The normalized spacial score (nSPS) is 19.4. The lowest BCUT2D eigenvalue weighted by Gasteiger charge is -2.31. The van der Waals surface area contributed by atoms with E-state index in [2.05, 4.69) is 53.2 Å². The summed E-state index contributed by atoms with van der Waals surface area (Å²) in [4.78, 5) is 11.7. The monoisotopic (exact) mass is 382 g/mol. The highest BCUT2D eigenvalue weighted by atomic mass is 16.5. The van der Waals surface area contributed by atoms with Crippen molar-refractivity contribution in [2.24, 2.45) is 0 Å². The van der Waals surface area contributed by atoms with Crippen LogP contribution in [0.2, 0.25) is 0 Å². The molecule has 0 spiro atoms. The molecule has 0 amide bonds. The second kappa shape index (κ2) is 8.24. The molecule has 1 aliphatic carbocycles. The van der Waals surface area contributed by atoms with Gasteiger partial charge < -0.3 is 9.30 Å². The quantitative estimate of drug-likeness (QED) is 0.685. The van der Waals surface area contributed by atoms with Crippen LogP contribution in [0.15, 0.2) is 18.0 Å². The zero-order chi connectivity index (χ0) is 19.7. The van der Waals surface area contributed by atoms with E-state index < -0.39 is 0 Å². The van der Waals surface area contributed by atoms with Gasteiger partial charge in [-0.3, -0.25) is 4.90 Å². The Morgan fingerprint density at radius 2 is 1.82 bits per heavy atom. The topological polar surface area (TPSA) is 43.2 Å². The Labute approximate surface area is 168 Å². The number of rotatable bonds is 5. The van der Waals surface area contributed by atoms with Crippen LogP contribution in [0.25, 0.3) is 11.0 Å². The molecule has 3 heterocycles. The lowest BCUT2D eigenvalue weighted by molar-refractivity contribution is 0.104. The molecule has 0 radical (unpaired) electrons. The Hall–Kier alpha value is -1.88. The Balaban J connectivity index is 1.52. The van der Waals surface area contributed by atoms with E-state index in [1.807, 2.05) is 0 Å². The largest absolute Gasteiger partial charge is 0.474 e. The van der Waals surface area contributed by atoms with Crippen molar-refractivity contribution in [2.75, 3.05) is 19.6 Å². The van der Waals surface area contributed by atoms with Gasteiger partial charge in [0.05, 0.1) is 5.39 Å². The number of allylic oxidation sites excluding steroid dienone is 1. The number of piperidine rings is 1. The molecule has 1 saturated heterocycles. The summed E-state index contributed by atoms with van der Waals surface area (Å²) in [5, 5.41) is 1.12. The molecular weight excluding hydrogens is 348 g/mol. The Bertz CT molecular complexity index is 851. The minimum Gasteiger partial charge on any atom is -0.474 e. The standard InChI is InChI=1S/C23H34N4O/c1-16(2)9-12-26-13-10-20(11-14-26)28-23-21-17(3)18(4)27(19-7-5-6-8-19)22(21)24-15-25-23/h9,15,19-20H,5-8,10-14H2,1-4H3. The van der Waals surface area contributed by atoms with Gasteiger partial charge in [-0.05, 0) is 58.9 Å². The van der Waals surface area contributed by atoms with Crippen molar-refractivity contribution >= 4 is 11.0 Å². The summed E-state index contributed by atoms with van der Waals surface area (Å²) in [7, 11) is 0. The molecule has 0 unspecified atom stereocenters. The smallest absolute Gasteiger partial charge is 0.226 e. The van der Waals surface area contributed by atoms with Crippen molar-refractivity contribution in [1.82, 2.24) is 19.4 Å². The SMILES string of the molecule is CC(C)=CCN1CCC(Oc2ncnc3c2c(C)c(C)n3C2CCCC2)CC1. The zero-order valence-electron chi connectivity index (χ0n) is 17.9. The fraction of sp³-hybridized carbons (Fsp3) is 0.652.